The van der Waals surface area contributed by atoms with Crippen molar-refractivity contribution in [1.82, 2.24) is 4.90 Å². The predicted molar refractivity (Wildman–Crippen MR) is 108 cm³/mol. The van der Waals surface area contributed by atoms with Crippen LogP contribution in [0.15, 0.2) is 42.5 Å². The number of ether oxygens (including phenoxy) is 2. The Morgan fingerprint density at radius 2 is 1.89 bits per heavy atom. The molecule has 2 aromatic rings. The smallest absolute Gasteiger partial charge is 0.323 e. The molecule has 144 valence electrons. The minimum atomic E-state index is -0.326. The molecule has 6 nitrogen and oxygen atoms in total. The molecule has 0 aromatic heterocycles. The van der Waals surface area contributed by atoms with E-state index in [1.807, 2.05) is 31.2 Å². The van der Waals surface area contributed by atoms with Crippen LogP contribution in [0.4, 0.5) is 16.2 Å². The highest BCUT2D eigenvalue weighted by atomic mass is 35.5. The molecule has 1 fully saturated rings. The fraction of sp³-hybridized carbons (Fsp3) is 0.350. The summed E-state index contributed by atoms with van der Waals surface area (Å²) in [6, 6.07) is 12.6. The van der Waals surface area contributed by atoms with Crippen LogP contribution in [0.25, 0.3) is 0 Å². The zero-order valence-corrected chi connectivity index (χ0v) is 16.1. The summed E-state index contributed by atoms with van der Waals surface area (Å²) in [4.78, 5) is 14.8. The average Bonchev–Trinajstić information content (AvgIpc) is 2.67. The number of carbonyl (C=O) groups is 1. The highest BCUT2D eigenvalue weighted by molar-refractivity contribution is 6.30. The number of nitrogens with one attached hydrogen (secondary N) is 2. The topological polar surface area (TPSA) is 62.8 Å². The quantitative estimate of drug-likeness (QED) is 0.776. The Hall–Kier alpha value is -2.28. The number of carbonyl (C=O) groups excluding carboxylic acids is 1. The molecule has 0 unspecified atom stereocenters. The third-order valence-electron chi connectivity index (χ3n) is 4.25. The first-order chi connectivity index (χ1) is 13.2. The van der Waals surface area contributed by atoms with Gasteiger partial charge < -0.3 is 20.1 Å². The number of benzene rings is 2. The molecule has 0 bridgehead atoms. The molecule has 0 aliphatic carbocycles. The van der Waals surface area contributed by atoms with Gasteiger partial charge >= 0.3 is 6.03 Å². The molecule has 27 heavy (non-hydrogen) atoms. The fourth-order valence-electron chi connectivity index (χ4n) is 2.93. The molecule has 2 amide bonds. The summed E-state index contributed by atoms with van der Waals surface area (Å²) in [5.41, 5.74) is 2.42. The van der Waals surface area contributed by atoms with E-state index in [2.05, 4.69) is 15.5 Å². The second-order valence-electron chi connectivity index (χ2n) is 6.20. The number of rotatable bonds is 6. The Bertz CT molecular complexity index is 779. The van der Waals surface area contributed by atoms with Crippen molar-refractivity contribution in [2.75, 3.05) is 43.5 Å². The number of urea groups is 1. The Kier molecular flexibility index (Phi) is 6.92. The number of halogens is 1. The van der Waals surface area contributed by atoms with Crippen LogP contribution in [0.2, 0.25) is 5.02 Å². The van der Waals surface area contributed by atoms with Crippen molar-refractivity contribution in [3.8, 4) is 5.75 Å². The Balaban J connectivity index is 1.67. The maximum absolute atomic E-state index is 12.5. The summed E-state index contributed by atoms with van der Waals surface area (Å²) in [7, 11) is 0. The van der Waals surface area contributed by atoms with Gasteiger partial charge in [-0.05, 0) is 30.7 Å². The van der Waals surface area contributed by atoms with Crippen LogP contribution in [-0.4, -0.2) is 43.8 Å². The Labute approximate surface area is 164 Å². The van der Waals surface area contributed by atoms with E-state index in [0.717, 1.165) is 44.1 Å². The summed E-state index contributed by atoms with van der Waals surface area (Å²) >= 11 is 6.01. The molecule has 1 saturated heterocycles. The molecule has 1 aliphatic heterocycles. The van der Waals surface area contributed by atoms with E-state index >= 15 is 0 Å². The highest BCUT2D eigenvalue weighted by Gasteiger charge is 2.14. The van der Waals surface area contributed by atoms with Crippen LogP contribution in [0.5, 0.6) is 5.75 Å². The average molecular weight is 390 g/mol. The second kappa shape index (κ2) is 9.60. The maximum atomic E-state index is 12.5. The minimum absolute atomic E-state index is 0.326. The summed E-state index contributed by atoms with van der Waals surface area (Å²) < 4.78 is 10.9. The lowest BCUT2D eigenvalue weighted by molar-refractivity contribution is 0.0343. The van der Waals surface area contributed by atoms with E-state index in [4.69, 9.17) is 21.1 Å². The lowest BCUT2D eigenvalue weighted by atomic mass is 10.1. The zero-order chi connectivity index (χ0) is 19.1. The molecule has 7 heteroatoms. The van der Waals surface area contributed by atoms with Crippen molar-refractivity contribution >= 4 is 29.0 Å². The minimum Gasteiger partial charge on any atom is -0.492 e. The highest BCUT2D eigenvalue weighted by Crippen LogP contribution is 2.28. The monoisotopic (exact) mass is 389 g/mol. The molecule has 0 saturated carbocycles. The van der Waals surface area contributed by atoms with Gasteiger partial charge in [-0.2, -0.15) is 0 Å². The number of para-hydroxylation sites is 1. The molecule has 0 radical (unpaired) electrons. The SMILES string of the molecule is CCOc1cc(Cl)ccc1NC(=O)Nc1ccccc1CN1CCOCC1. The number of morpholine rings is 1. The van der Waals surface area contributed by atoms with E-state index < -0.39 is 0 Å². The van der Waals surface area contributed by atoms with Gasteiger partial charge in [0.15, 0.2) is 0 Å². The lowest BCUT2D eigenvalue weighted by Crippen LogP contribution is -2.36. The van der Waals surface area contributed by atoms with E-state index in [0.29, 0.717) is 23.1 Å². The van der Waals surface area contributed by atoms with Crippen LogP contribution in [-0.2, 0) is 11.3 Å². The van der Waals surface area contributed by atoms with Gasteiger partial charge in [-0.25, -0.2) is 4.79 Å². The van der Waals surface area contributed by atoms with Crippen LogP contribution in [0.3, 0.4) is 0 Å². The zero-order valence-electron chi connectivity index (χ0n) is 15.3. The fourth-order valence-corrected chi connectivity index (χ4v) is 3.09. The number of anilines is 2. The third-order valence-corrected chi connectivity index (χ3v) is 4.49. The number of amides is 2. The molecule has 0 spiro atoms. The normalized spacial score (nSPS) is 14.6. The molecular formula is C20H24ClN3O3. The van der Waals surface area contributed by atoms with Gasteiger partial charge in [-0.15, -0.1) is 0 Å². The van der Waals surface area contributed by atoms with Gasteiger partial charge in [0, 0.05) is 36.4 Å². The van der Waals surface area contributed by atoms with Crippen LogP contribution >= 0.6 is 11.6 Å². The third kappa shape index (κ3) is 5.60. The van der Waals surface area contributed by atoms with Gasteiger partial charge in [0.2, 0.25) is 0 Å². The van der Waals surface area contributed by atoms with Crippen molar-refractivity contribution in [3.63, 3.8) is 0 Å². The molecular weight excluding hydrogens is 366 g/mol. The molecule has 2 aromatic carbocycles. The van der Waals surface area contributed by atoms with Crippen molar-refractivity contribution in [3.05, 3.63) is 53.1 Å². The molecule has 1 aliphatic rings. The van der Waals surface area contributed by atoms with Crippen molar-refractivity contribution in [2.45, 2.75) is 13.5 Å². The van der Waals surface area contributed by atoms with E-state index in [9.17, 15) is 4.79 Å². The number of hydrogen-bond acceptors (Lipinski definition) is 4. The Morgan fingerprint density at radius 3 is 2.67 bits per heavy atom. The van der Waals surface area contributed by atoms with Crippen LogP contribution < -0.4 is 15.4 Å². The Morgan fingerprint density at radius 1 is 1.15 bits per heavy atom. The first kappa shape index (κ1) is 19.5. The maximum Gasteiger partial charge on any atom is 0.323 e. The summed E-state index contributed by atoms with van der Waals surface area (Å²) in [6.45, 7) is 6.41. The molecule has 1 heterocycles. The van der Waals surface area contributed by atoms with Crippen molar-refractivity contribution in [1.29, 1.82) is 0 Å². The number of hydrogen-bond donors (Lipinski definition) is 2. The van der Waals surface area contributed by atoms with Gasteiger partial charge in [-0.1, -0.05) is 29.8 Å². The molecule has 3 rings (SSSR count). The summed E-state index contributed by atoms with van der Waals surface area (Å²) in [5.74, 6) is 0.543. The summed E-state index contributed by atoms with van der Waals surface area (Å²) in [6.07, 6.45) is 0. The first-order valence-corrected chi connectivity index (χ1v) is 9.42. The van der Waals surface area contributed by atoms with Gasteiger partial charge in [0.25, 0.3) is 0 Å². The van der Waals surface area contributed by atoms with E-state index in [1.54, 1.807) is 18.2 Å². The van der Waals surface area contributed by atoms with Crippen molar-refractivity contribution in [2.24, 2.45) is 0 Å². The number of nitrogens with zero attached hydrogens (tertiary/aromatic N) is 1. The second-order valence-corrected chi connectivity index (χ2v) is 6.63. The van der Waals surface area contributed by atoms with E-state index in [1.165, 1.54) is 0 Å². The largest absolute Gasteiger partial charge is 0.492 e. The molecule has 0 atom stereocenters. The van der Waals surface area contributed by atoms with Gasteiger partial charge in [0.05, 0.1) is 25.5 Å². The van der Waals surface area contributed by atoms with E-state index in [-0.39, 0.29) is 6.03 Å². The lowest BCUT2D eigenvalue weighted by Gasteiger charge is -2.27. The van der Waals surface area contributed by atoms with Gasteiger partial charge in [0.1, 0.15) is 5.75 Å². The van der Waals surface area contributed by atoms with Crippen LogP contribution in [0, 0.1) is 0 Å². The standard InChI is InChI=1S/C20H24ClN3O3/c1-2-27-19-13-16(21)7-8-18(19)23-20(25)22-17-6-4-3-5-15(17)14-24-9-11-26-12-10-24/h3-8,13H,2,9-12,14H2,1H3,(H2,22,23,25). The van der Waals surface area contributed by atoms with Crippen LogP contribution in [0.1, 0.15) is 12.5 Å². The summed E-state index contributed by atoms with van der Waals surface area (Å²) in [5, 5.41) is 6.33. The van der Waals surface area contributed by atoms with Gasteiger partial charge in [-0.3, -0.25) is 4.90 Å². The predicted octanol–water partition coefficient (Wildman–Crippen LogP) is 4.21. The molecule has 2 N–H and O–H groups in total. The van der Waals surface area contributed by atoms with Crippen molar-refractivity contribution < 1.29 is 14.3 Å². The first-order valence-electron chi connectivity index (χ1n) is 9.04.